The smallest absolute Gasteiger partial charge is 0.225 e. The Morgan fingerprint density at radius 3 is 2.95 bits per heavy atom. The summed E-state index contributed by atoms with van der Waals surface area (Å²) in [5.41, 5.74) is 1.15. The number of hydrogen-bond donors (Lipinski definition) is 0. The first kappa shape index (κ1) is 11.3. The zero-order valence-electron chi connectivity index (χ0n) is 11.1. The number of carbonyl (C=O) groups excluding carboxylic acids is 1. The Morgan fingerprint density at radius 2 is 2.16 bits per heavy atom. The van der Waals surface area contributed by atoms with Crippen molar-refractivity contribution in [1.29, 1.82) is 0 Å². The fourth-order valence-corrected chi connectivity index (χ4v) is 3.47. The van der Waals surface area contributed by atoms with Crippen LogP contribution in [0, 0.1) is 5.92 Å². The summed E-state index contributed by atoms with van der Waals surface area (Å²) in [6.07, 6.45) is 5.26. The molecule has 3 heteroatoms. The van der Waals surface area contributed by atoms with E-state index < -0.39 is 0 Å². The van der Waals surface area contributed by atoms with E-state index in [-0.39, 0.29) is 5.60 Å². The van der Waals surface area contributed by atoms with Crippen LogP contribution in [0.5, 0.6) is 5.75 Å². The SMILES string of the molecule is O=C(C1CC1)N1CCCC2(Cc3ccccc3O2)C1. The second-order valence-electron chi connectivity index (χ2n) is 6.21. The average Bonchev–Trinajstić information content (AvgIpc) is 3.20. The molecule has 1 aromatic rings. The summed E-state index contributed by atoms with van der Waals surface area (Å²) in [4.78, 5) is 14.3. The number of amides is 1. The lowest BCUT2D eigenvalue weighted by Crippen LogP contribution is -2.53. The third-order valence-electron chi connectivity index (χ3n) is 4.59. The molecule has 1 atom stereocenters. The maximum atomic E-state index is 12.2. The lowest BCUT2D eigenvalue weighted by molar-refractivity contribution is -0.137. The van der Waals surface area contributed by atoms with E-state index in [1.54, 1.807) is 0 Å². The van der Waals surface area contributed by atoms with Crippen molar-refractivity contribution in [3.05, 3.63) is 29.8 Å². The standard InChI is InChI=1S/C16H19NO2/c18-15(12-6-7-12)17-9-3-8-16(11-17)10-13-4-1-2-5-14(13)19-16/h1-2,4-5,12H,3,6-11H2. The Kier molecular flexibility index (Phi) is 2.38. The number of ether oxygens (including phenoxy) is 1. The van der Waals surface area contributed by atoms with Crippen molar-refractivity contribution in [2.24, 2.45) is 5.92 Å². The number of nitrogens with zero attached hydrogens (tertiary/aromatic N) is 1. The number of para-hydroxylation sites is 1. The van der Waals surface area contributed by atoms with Crippen molar-refractivity contribution in [3.63, 3.8) is 0 Å². The summed E-state index contributed by atoms with van der Waals surface area (Å²) in [6.45, 7) is 1.69. The Bertz CT molecular complexity index is 496. The molecular weight excluding hydrogens is 238 g/mol. The molecule has 1 unspecified atom stereocenters. The topological polar surface area (TPSA) is 29.5 Å². The number of hydrogen-bond acceptors (Lipinski definition) is 2. The van der Waals surface area contributed by atoms with Crippen molar-refractivity contribution >= 4 is 5.91 Å². The summed E-state index contributed by atoms with van der Waals surface area (Å²) in [5, 5.41) is 0. The molecule has 3 aliphatic rings. The van der Waals surface area contributed by atoms with Gasteiger partial charge < -0.3 is 9.64 Å². The molecule has 100 valence electrons. The molecule has 1 aliphatic carbocycles. The summed E-state index contributed by atoms with van der Waals surface area (Å²) in [6, 6.07) is 8.28. The molecule has 1 saturated carbocycles. The van der Waals surface area contributed by atoms with E-state index in [4.69, 9.17) is 4.74 Å². The number of likely N-dealkylation sites (tertiary alicyclic amines) is 1. The van der Waals surface area contributed by atoms with Gasteiger partial charge >= 0.3 is 0 Å². The molecule has 0 bridgehead atoms. The van der Waals surface area contributed by atoms with Crippen LogP contribution >= 0.6 is 0 Å². The van der Waals surface area contributed by atoms with Gasteiger partial charge in [0, 0.05) is 18.9 Å². The van der Waals surface area contributed by atoms with Crippen molar-refractivity contribution in [2.45, 2.75) is 37.7 Å². The zero-order chi connectivity index (χ0) is 12.9. The van der Waals surface area contributed by atoms with Crippen LogP contribution in [-0.4, -0.2) is 29.5 Å². The third-order valence-corrected chi connectivity index (χ3v) is 4.59. The molecule has 0 radical (unpaired) electrons. The van der Waals surface area contributed by atoms with Gasteiger partial charge in [0.25, 0.3) is 0 Å². The van der Waals surface area contributed by atoms with Gasteiger partial charge in [0.15, 0.2) is 0 Å². The minimum atomic E-state index is -0.146. The van der Waals surface area contributed by atoms with Crippen molar-refractivity contribution < 1.29 is 9.53 Å². The van der Waals surface area contributed by atoms with Crippen LogP contribution < -0.4 is 4.74 Å². The Balaban J connectivity index is 1.54. The van der Waals surface area contributed by atoms with E-state index >= 15 is 0 Å². The molecule has 0 N–H and O–H groups in total. The zero-order valence-corrected chi connectivity index (χ0v) is 11.1. The van der Waals surface area contributed by atoms with E-state index in [0.717, 1.165) is 50.9 Å². The second kappa shape index (κ2) is 3.99. The van der Waals surface area contributed by atoms with Crippen LogP contribution in [-0.2, 0) is 11.2 Å². The van der Waals surface area contributed by atoms with Gasteiger partial charge in [-0.25, -0.2) is 0 Å². The first-order chi connectivity index (χ1) is 9.26. The molecule has 1 aromatic carbocycles. The van der Waals surface area contributed by atoms with Crippen LogP contribution in [0.1, 0.15) is 31.2 Å². The molecule has 2 fully saturated rings. The number of piperidine rings is 1. The highest BCUT2D eigenvalue weighted by Gasteiger charge is 2.45. The fourth-order valence-electron chi connectivity index (χ4n) is 3.47. The summed E-state index contributed by atoms with van der Waals surface area (Å²) < 4.78 is 6.22. The van der Waals surface area contributed by atoms with Gasteiger partial charge in [0.2, 0.25) is 5.91 Å². The lowest BCUT2D eigenvalue weighted by atomic mass is 9.88. The predicted octanol–water partition coefficient (Wildman–Crippen LogP) is 2.39. The van der Waals surface area contributed by atoms with E-state index in [0.29, 0.717) is 11.8 Å². The number of benzene rings is 1. The highest BCUT2D eigenvalue weighted by Crippen LogP contribution is 2.41. The molecule has 4 rings (SSSR count). The van der Waals surface area contributed by atoms with Crippen molar-refractivity contribution in [1.82, 2.24) is 4.90 Å². The van der Waals surface area contributed by atoms with Crippen LogP contribution in [0.2, 0.25) is 0 Å². The molecular formula is C16H19NO2. The van der Waals surface area contributed by atoms with Crippen molar-refractivity contribution in [3.8, 4) is 5.75 Å². The average molecular weight is 257 g/mol. The van der Waals surface area contributed by atoms with Gasteiger partial charge in [-0.2, -0.15) is 0 Å². The molecule has 3 nitrogen and oxygen atoms in total. The van der Waals surface area contributed by atoms with E-state index in [9.17, 15) is 4.79 Å². The largest absolute Gasteiger partial charge is 0.485 e. The fraction of sp³-hybridized carbons (Fsp3) is 0.562. The van der Waals surface area contributed by atoms with Crippen LogP contribution in [0.3, 0.4) is 0 Å². The van der Waals surface area contributed by atoms with Gasteiger partial charge in [-0.3, -0.25) is 4.79 Å². The Labute approximate surface area is 113 Å². The Hall–Kier alpha value is -1.51. The van der Waals surface area contributed by atoms with E-state index in [1.165, 1.54) is 5.56 Å². The highest BCUT2D eigenvalue weighted by atomic mass is 16.5. The Morgan fingerprint density at radius 1 is 1.32 bits per heavy atom. The summed E-state index contributed by atoms with van der Waals surface area (Å²) in [5.74, 6) is 1.70. The van der Waals surface area contributed by atoms with Gasteiger partial charge in [-0.05, 0) is 37.3 Å². The molecule has 19 heavy (non-hydrogen) atoms. The second-order valence-corrected chi connectivity index (χ2v) is 6.21. The molecule has 0 aromatic heterocycles. The maximum absolute atomic E-state index is 12.2. The lowest BCUT2D eigenvalue weighted by Gasteiger charge is -2.39. The summed E-state index contributed by atoms with van der Waals surface area (Å²) >= 11 is 0. The van der Waals surface area contributed by atoms with E-state index in [1.807, 2.05) is 17.0 Å². The quantitative estimate of drug-likeness (QED) is 0.773. The monoisotopic (exact) mass is 257 g/mol. The van der Waals surface area contributed by atoms with Crippen LogP contribution in [0.15, 0.2) is 24.3 Å². The van der Waals surface area contributed by atoms with Gasteiger partial charge in [-0.1, -0.05) is 18.2 Å². The molecule has 1 spiro atoms. The highest BCUT2D eigenvalue weighted by molar-refractivity contribution is 5.81. The normalized spacial score (nSPS) is 29.2. The number of carbonyl (C=O) groups is 1. The van der Waals surface area contributed by atoms with Crippen molar-refractivity contribution in [2.75, 3.05) is 13.1 Å². The van der Waals surface area contributed by atoms with Gasteiger partial charge in [0.05, 0.1) is 6.54 Å². The van der Waals surface area contributed by atoms with Gasteiger partial charge in [-0.15, -0.1) is 0 Å². The first-order valence-electron chi connectivity index (χ1n) is 7.32. The first-order valence-corrected chi connectivity index (χ1v) is 7.32. The number of fused-ring (bicyclic) bond motifs is 1. The third kappa shape index (κ3) is 1.92. The summed E-state index contributed by atoms with van der Waals surface area (Å²) in [7, 11) is 0. The number of rotatable bonds is 1. The van der Waals surface area contributed by atoms with E-state index in [2.05, 4.69) is 12.1 Å². The predicted molar refractivity (Wildman–Crippen MR) is 72.0 cm³/mol. The maximum Gasteiger partial charge on any atom is 0.225 e. The minimum Gasteiger partial charge on any atom is -0.485 e. The molecule has 2 aliphatic heterocycles. The molecule has 1 amide bonds. The van der Waals surface area contributed by atoms with Crippen LogP contribution in [0.25, 0.3) is 0 Å². The molecule has 2 heterocycles. The van der Waals surface area contributed by atoms with Gasteiger partial charge in [0.1, 0.15) is 11.4 Å². The minimum absolute atomic E-state index is 0.146. The molecule has 1 saturated heterocycles. The van der Waals surface area contributed by atoms with Crippen LogP contribution in [0.4, 0.5) is 0 Å².